The third kappa shape index (κ3) is 9.59. The van der Waals surface area contributed by atoms with Gasteiger partial charge >= 0.3 is 0 Å². The Labute approximate surface area is 583 Å². The lowest BCUT2D eigenvalue weighted by molar-refractivity contribution is 1.07. The maximum absolute atomic E-state index is 5.72. The molecule has 6 heterocycles. The van der Waals surface area contributed by atoms with E-state index in [1.165, 1.54) is 49.9 Å². The van der Waals surface area contributed by atoms with Crippen molar-refractivity contribution in [1.29, 1.82) is 0 Å². The summed E-state index contributed by atoms with van der Waals surface area (Å²) in [5.74, 6) is 2.22. The number of para-hydroxylation sites is 6. The second-order valence-electron chi connectivity index (χ2n) is 25.9. The predicted octanol–water partition coefficient (Wildman–Crippen LogP) is 20.6. The Balaban J connectivity index is 0.759. The molecule has 0 saturated carbocycles. The topological polar surface area (TPSA) is 80.8 Å². The molecule has 0 N–H and O–H groups in total. The van der Waals surface area contributed by atoms with Crippen LogP contribution in [0.5, 0.6) is 0 Å². The average Bonchev–Trinajstić information content (AvgIpc) is 1.43. The lowest BCUT2D eigenvalue weighted by atomic mass is 9.33. The molecule has 0 saturated heterocycles. The zero-order valence-corrected chi connectivity index (χ0v) is 54.6. The number of aromatic nitrogens is 7. The first kappa shape index (κ1) is 57.7. The fourth-order valence-corrected chi connectivity index (χ4v) is 15.6. The van der Waals surface area contributed by atoms with Gasteiger partial charge in [0.15, 0.2) is 23.3 Å². The van der Waals surface area contributed by atoms with E-state index in [2.05, 4.69) is 304 Å². The molecule has 18 aromatic rings. The van der Waals surface area contributed by atoms with Gasteiger partial charge in [0, 0.05) is 94.7 Å². The zero-order valence-electron chi connectivity index (χ0n) is 54.6. The number of hydrogen-bond donors (Lipinski definition) is 0. The number of nitrogens with zero attached hydrogens (tertiary/aromatic N) is 9. The van der Waals surface area contributed by atoms with E-state index >= 15 is 0 Å². The van der Waals surface area contributed by atoms with E-state index in [9.17, 15) is 0 Å². The molecule has 470 valence electrons. The van der Waals surface area contributed by atoms with E-state index in [0.29, 0.717) is 23.3 Å². The molecular formula is C91H58BN9. The van der Waals surface area contributed by atoms with Crippen LogP contribution in [0.3, 0.4) is 0 Å². The minimum atomic E-state index is 0.0532. The van der Waals surface area contributed by atoms with Crippen molar-refractivity contribution in [3.8, 4) is 90.6 Å². The molecule has 4 aromatic heterocycles. The molecule has 14 aromatic carbocycles. The van der Waals surface area contributed by atoms with Crippen LogP contribution in [0.2, 0.25) is 0 Å². The van der Waals surface area contributed by atoms with Crippen molar-refractivity contribution in [2.45, 2.75) is 0 Å². The second kappa shape index (κ2) is 23.6. The van der Waals surface area contributed by atoms with E-state index in [1.54, 1.807) is 0 Å². The highest BCUT2D eigenvalue weighted by molar-refractivity contribution is 7.00. The van der Waals surface area contributed by atoms with Crippen LogP contribution in [-0.2, 0) is 0 Å². The first-order valence-corrected chi connectivity index (χ1v) is 34.3. The monoisotopic (exact) mass is 1290 g/mol. The minimum absolute atomic E-state index is 0.0532. The average molecular weight is 1290 g/mol. The van der Waals surface area contributed by atoms with E-state index < -0.39 is 0 Å². The molecule has 0 radical (unpaired) electrons. The number of fused-ring (bicyclic) bond motifs is 10. The van der Waals surface area contributed by atoms with E-state index in [1.807, 2.05) is 66.7 Å². The summed E-state index contributed by atoms with van der Waals surface area (Å²) in [6.45, 7) is 0.0532. The van der Waals surface area contributed by atoms with Crippen molar-refractivity contribution in [3.63, 3.8) is 0 Å². The van der Waals surface area contributed by atoms with Gasteiger partial charge in [-0.1, -0.05) is 243 Å². The quantitative estimate of drug-likeness (QED) is 0.119. The van der Waals surface area contributed by atoms with Gasteiger partial charge < -0.3 is 18.9 Å². The second-order valence-corrected chi connectivity index (χ2v) is 25.9. The Morgan fingerprint density at radius 1 is 0.218 bits per heavy atom. The Kier molecular flexibility index (Phi) is 13.5. The van der Waals surface area contributed by atoms with Crippen molar-refractivity contribution < 1.29 is 0 Å². The zero-order chi connectivity index (χ0) is 66.5. The first-order valence-electron chi connectivity index (χ1n) is 34.3. The summed E-state index contributed by atoms with van der Waals surface area (Å²) in [4.78, 5) is 31.9. The summed E-state index contributed by atoms with van der Waals surface area (Å²) >= 11 is 0. The van der Waals surface area contributed by atoms with E-state index in [4.69, 9.17) is 24.9 Å². The molecule has 9 nitrogen and oxygen atoms in total. The summed E-state index contributed by atoms with van der Waals surface area (Å²) in [5, 5.41) is 4.64. The molecule has 0 bridgehead atoms. The van der Waals surface area contributed by atoms with Crippen LogP contribution >= 0.6 is 0 Å². The number of benzene rings is 14. The normalized spacial score (nSPS) is 12.3. The maximum atomic E-state index is 5.72. The lowest BCUT2D eigenvalue weighted by Crippen LogP contribution is -2.61. The summed E-state index contributed by atoms with van der Waals surface area (Å²) in [6.07, 6.45) is 0. The summed E-state index contributed by atoms with van der Waals surface area (Å²) < 4.78 is 4.80. The minimum Gasteiger partial charge on any atom is -0.311 e. The van der Waals surface area contributed by atoms with Crippen molar-refractivity contribution in [3.05, 3.63) is 352 Å². The largest absolute Gasteiger partial charge is 0.311 e. The fourth-order valence-electron chi connectivity index (χ4n) is 15.6. The fraction of sp³-hybridized carbons (Fsp3) is 0. The van der Waals surface area contributed by atoms with Gasteiger partial charge in [0.25, 0.3) is 6.71 Å². The van der Waals surface area contributed by atoms with Crippen molar-refractivity contribution in [2.75, 3.05) is 9.80 Å². The molecule has 0 unspecified atom stereocenters. The molecule has 0 fully saturated rings. The van der Waals surface area contributed by atoms with Crippen LogP contribution in [0.25, 0.3) is 134 Å². The van der Waals surface area contributed by atoms with Crippen LogP contribution in [0, 0.1) is 0 Å². The van der Waals surface area contributed by atoms with Gasteiger partial charge in [-0.15, -0.1) is 0 Å². The third-order valence-corrected chi connectivity index (χ3v) is 20.2. The number of hydrogen-bond acceptors (Lipinski definition) is 7. The Morgan fingerprint density at radius 3 is 1.25 bits per heavy atom. The van der Waals surface area contributed by atoms with Gasteiger partial charge in [-0.25, -0.2) is 24.9 Å². The summed E-state index contributed by atoms with van der Waals surface area (Å²) in [6, 6.07) is 126. The van der Waals surface area contributed by atoms with Crippen LogP contribution in [0.1, 0.15) is 0 Å². The lowest BCUT2D eigenvalue weighted by Gasteiger charge is -2.44. The van der Waals surface area contributed by atoms with Crippen molar-refractivity contribution in [1.82, 2.24) is 34.1 Å². The SMILES string of the molecule is c1ccc(-c2cc(-c3ccc(-c4cccc(N5c6ccccc6B6c7ccccc7N(c7ccccc7)c7cccc5c76)c4)cc3)nc(-c3cc(-c4nc(-c5ccccc5)nc(-c5ccccc5)n4)ccc3-n3c4ccccc4c4cc5c6ccccc6n(-c6ccccc6)c5cc43)n2)cc1. The van der Waals surface area contributed by atoms with Crippen LogP contribution < -0.4 is 26.2 Å². The molecule has 0 aliphatic carbocycles. The van der Waals surface area contributed by atoms with Crippen LogP contribution in [-0.4, -0.2) is 40.8 Å². The van der Waals surface area contributed by atoms with Crippen molar-refractivity contribution >= 4 is 101 Å². The maximum Gasteiger partial charge on any atom is 0.252 e. The van der Waals surface area contributed by atoms with Crippen molar-refractivity contribution in [2.24, 2.45) is 0 Å². The standard InChI is InChI=1S/C91H58BN9/c1-6-26-60(27-7-1)76-57-77(61-50-48-59(49-51-61)64-32-24-37-68(54-64)100-82-45-23-19-41-75(82)92-74-40-18-22-44-81(74)99(67-35-14-5-15-36-67)83-46-25-47-84(100)87(83)92)94-91(93-76)73-55-65(90-96-88(62-28-8-2-9-29-62)95-89(97-90)63-30-10-3-11-31-63)52-53-80(73)101-79-43-21-17-39-70(79)72-56-71-69-38-16-20-42-78(69)98(85(71)58-86(72)101)66-33-12-4-13-34-66/h1-58H. The third-order valence-electron chi connectivity index (χ3n) is 20.2. The number of anilines is 6. The molecule has 0 spiro atoms. The van der Waals surface area contributed by atoms with Crippen LogP contribution in [0.15, 0.2) is 352 Å². The van der Waals surface area contributed by atoms with E-state index in [-0.39, 0.29) is 6.71 Å². The predicted molar refractivity (Wildman–Crippen MR) is 416 cm³/mol. The van der Waals surface area contributed by atoms with Gasteiger partial charge in [-0.05, 0) is 137 Å². The van der Waals surface area contributed by atoms with E-state index in [0.717, 1.165) is 111 Å². The smallest absolute Gasteiger partial charge is 0.252 e. The highest BCUT2D eigenvalue weighted by Crippen LogP contribution is 2.47. The molecule has 101 heavy (non-hydrogen) atoms. The van der Waals surface area contributed by atoms with Gasteiger partial charge in [-0.3, -0.25) is 0 Å². The number of rotatable bonds is 11. The Morgan fingerprint density at radius 2 is 0.644 bits per heavy atom. The van der Waals surface area contributed by atoms with Gasteiger partial charge in [0.1, 0.15) is 0 Å². The van der Waals surface area contributed by atoms with Gasteiger partial charge in [0.05, 0.1) is 39.1 Å². The highest BCUT2D eigenvalue weighted by Gasteiger charge is 2.43. The molecular weight excluding hydrogens is 1230 g/mol. The summed E-state index contributed by atoms with van der Waals surface area (Å²) in [5.41, 5.74) is 26.2. The first-order chi connectivity index (χ1) is 50.1. The molecule has 20 rings (SSSR count). The van der Waals surface area contributed by atoms with Gasteiger partial charge in [-0.2, -0.15) is 0 Å². The molecule has 2 aliphatic rings. The Bertz CT molecular complexity index is 6220. The van der Waals surface area contributed by atoms with Gasteiger partial charge in [0.2, 0.25) is 0 Å². The Hall–Kier alpha value is -13.6. The van der Waals surface area contributed by atoms with Crippen LogP contribution in [0.4, 0.5) is 34.1 Å². The molecule has 0 atom stereocenters. The molecule has 0 amide bonds. The molecule has 10 heteroatoms. The summed E-state index contributed by atoms with van der Waals surface area (Å²) in [7, 11) is 0. The molecule has 2 aliphatic heterocycles. The highest BCUT2D eigenvalue weighted by atomic mass is 15.2.